The maximum Gasteiger partial charge on any atom is 0.162 e. The first kappa shape index (κ1) is 13.9. The number of nitrogens with zero attached hydrogens (tertiary/aromatic N) is 3. The van der Waals surface area contributed by atoms with E-state index < -0.39 is 0 Å². The highest BCUT2D eigenvalue weighted by Crippen LogP contribution is 2.28. The average Bonchev–Trinajstić information content (AvgIpc) is 2.86. The van der Waals surface area contributed by atoms with Gasteiger partial charge in [-0.05, 0) is 26.0 Å². The molecule has 2 aromatic rings. The van der Waals surface area contributed by atoms with Gasteiger partial charge in [-0.15, -0.1) is 0 Å². The monoisotopic (exact) mass is 271 g/mol. The van der Waals surface area contributed by atoms with Crippen molar-refractivity contribution in [2.45, 2.75) is 20.4 Å². The number of hydrogen-bond donors (Lipinski definition) is 0. The molecule has 0 atom stereocenters. The van der Waals surface area contributed by atoms with E-state index in [4.69, 9.17) is 14.7 Å². The molecule has 0 spiro atoms. The lowest BCUT2D eigenvalue weighted by Crippen LogP contribution is -2.09. The fourth-order valence-electron chi connectivity index (χ4n) is 1.86. The number of ether oxygens (including phenoxy) is 2. The third kappa shape index (κ3) is 3.29. The number of rotatable bonds is 6. The second kappa shape index (κ2) is 6.62. The van der Waals surface area contributed by atoms with Crippen molar-refractivity contribution in [3.8, 4) is 17.6 Å². The quantitative estimate of drug-likeness (QED) is 0.810. The number of hydrogen-bond acceptors (Lipinski definition) is 4. The molecule has 0 saturated carbocycles. The molecule has 0 radical (unpaired) electrons. The van der Waals surface area contributed by atoms with Crippen molar-refractivity contribution in [1.29, 1.82) is 5.26 Å². The average molecular weight is 271 g/mol. The summed E-state index contributed by atoms with van der Waals surface area (Å²) >= 11 is 0. The highest BCUT2D eigenvalue weighted by Gasteiger charge is 2.06. The Morgan fingerprint density at radius 3 is 2.80 bits per heavy atom. The van der Waals surface area contributed by atoms with Crippen molar-refractivity contribution in [1.82, 2.24) is 9.55 Å². The minimum atomic E-state index is 0.517. The summed E-state index contributed by atoms with van der Waals surface area (Å²) in [6, 6.07) is 7.28. The highest BCUT2D eigenvalue weighted by atomic mass is 16.5. The van der Waals surface area contributed by atoms with Crippen LogP contribution in [0.4, 0.5) is 0 Å². The van der Waals surface area contributed by atoms with Gasteiger partial charge in [0.2, 0.25) is 0 Å². The van der Waals surface area contributed by atoms with Gasteiger partial charge < -0.3 is 14.0 Å². The number of benzene rings is 1. The van der Waals surface area contributed by atoms with Crippen LogP contribution < -0.4 is 9.47 Å². The van der Waals surface area contributed by atoms with E-state index in [0.717, 1.165) is 12.4 Å². The Kier molecular flexibility index (Phi) is 4.61. The minimum absolute atomic E-state index is 0.517. The van der Waals surface area contributed by atoms with Crippen molar-refractivity contribution in [2.75, 3.05) is 13.2 Å². The zero-order chi connectivity index (χ0) is 14.4. The first-order valence-corrected chi connectivity index (χ1v) is 6.52. The van der Waals surface area contributed by atoms with Crippen LogP contribution >= 0.6 is 0 Å². The molecule has 0 unspecified atom stereocenters. The van der Waals surface area contributed by atoms with Gasteiger partial charge in [0.05, 0.1) is 24.8 Å². The number of aryl methyl sites for hydroxylation is 1. The van der Waals surface area contributed by atoms with Crippen molar-refractivity contribution < 1.29 is 9.47 Å². The summed E-state index contributed by atoms with van der Waals surface area (Å²) in [6.07, 6.45) is 3.68. The molecular weight excluding hydrogens is 254 g/mol. The Morgan fingerprint density at radius 1 is 1.30 bits per heavy atom. The Hall–Kier alpha value is -2.48. The van der Waals surface area contributed by atoms with Crippen LogP contribution in [0, 0.1) is 18.3 Å². The lowest BCUT2D eigenvalue weighted by Gasteiger charge is -2.12. The van der Waals surface area contributed by atoms with Crippen LogP contribution in [0.1, 0.15) is 18.3 Å². The third-order valence-electron chi connectivity index (χ3n) is 2.89. The molecule has 0 fully saturated rings. The summed E-state index contributed by atoms with van der Waals surface area (Å²) in [5.41, 5.74) is 0.561. The standard InChI is InChI=1S/C15H17N3O2/c1-3-19-15-10-13(11-16)4-5-14(15)20-9-8-18-7-6-17-12(18)2/h4-7,10H,3,8-9H2,1-2H3. The van der Waals surface area contributed by atoms with E-state index in [0.29, 0.717) is 30.3 Å². The van der Waals surface area contributed by atoms with Gasteiger partial charge in [0, 0.05) is 18.5 Å². The van der Waals surface area contributed by atoms with Gasteiger partial charge in [-0.3, -0.25) is 0 Å². The normalized spacial score (nSPS) is 10.1. The van der Waals surface area contributed by atoms with E-state index in [-0.39, 0.29) is 0 Å². The van der Waals surface area contributed by atoms with Crippen molar-refractivity contribution in [3.05, 3.63) is 42.0 Å². The largest absolute Gasteiger partial charge is 0.490 e. The fraction of sp³-hybridized carbons (Fsp3) is 0.333. The highest BCUT2D eigenvalue weighted by molar-refractivity contribution is 5.46. The molecule has 0 aliphatic carbocycles. The molecule has 0 amide bonds. The van der Waals surface area contributed by atoms with Gasteiger partial charge in [0.1, 0.15) is 12.4 Å². The van der Waals surface area contributed by atoms with Crippen LogP contribution in [-0.2, 0) is 6.54 Å². The lowest BCUT2D eigenvalue weighted by molar-refractivity contribution is 0.266. The van der Waals surface area contributed by atoms with Crippen molar-refractivity contribution in [2.24, 2.45) is 0 Å². The number of imidazole rings is 1. The summed E-state index contributed by atoms with van der Waals surface area (Å²) in [5.74, 6) is 2.22. The first-order chi connectivity index (χ1) is 9.74. The summed E-state index contributed by atoms with van der Waals surface area (Å²) in [4.78, 5) is 4.16. The smallest absolute Gasteiger partial charge is 0.162 e. The summed E-state index contributed by atoms with van der Waals surface area (Å²) in [7, 11) is 0. The van der Waals surface area contributed by atoms with Crippen LogP contribution in [0.5, 0.6) is 11.5 Å². The molecule has 0 bridgehead atoms. The van der Waals surface area contributed by atoms with Crippen LogP contribution in [0.3, 0.4) is 0 Å². The minimum Gasteiger partial charge on any atom is -0.490 e. The van der Waals surface area contributed by atoms with Gasteiger partial charge in [0.15, 0.2) is 11.5 Å². The van der Waals surface area contributed by atoms with E-state index in [1.165, 1.54) is 0 Å². The van der Waals surface area contributed by atoms with Gasteiger partial charge in [0.25, 0.3) is 0 Å². The maximum atomic E-state index is 8.90. The predicted molar refractivity (Wildman–Crippen MR) is 74.8 cm³/mol. The Balaban J connectivity index is 2.01. The molecule has 0 N–H and O–H groups in total. The van der Waals surface area contributed by atoms with Crippen molar-refractivity contribution >= 4 is 0 Å². The molecule has 0 saturated heterocycles. The molecule has 0 aliphatic heterocycles. The lowest BCUT2D eigenvalue weighted by atomic mass is 10.2. The number of nitriles is 1. The van der Waals surface area contributed by atoms with E-state index in [1.54, 1.807) is 24.4 Å². The Labute approximate surface area is 118 Å². The van der Waals surface area contributed by atoms with Gasteiger partial charge in [-0.25, -0.2) is 4.98 Å². The van der Waals surface area contributed by atoms with Gasteiger partial charge in [-0.1, -0.05) is 0 Å². The summed E-state index contributed by atoms with van der Waals surface area (Å²) in [6.45, 7) is 5.62. The predicted octanol–water partition coefficient (Wildman–Crippen LogP) is 2.54. The zero-order valence-corrected chi connectivity index (χ0v) is 11.7. The Morgan fingerprint density at radius 2 is 2.15 bits per heavy atom. The van der Waals surface area contributed by atoms with E-state index >= 15 is 0 Å². The van der Waals surface area contributed by atoms with Crippen LogP contribution in [0.25, 0.3) is 0 Å². The third-order valence-corrected chi connectivity index (χ3v) is 2.89. The molecule has 1 aromatic carbocycles. The second-order valence-corrected chi connectivity index (χ2v) is 4.22. The topological polar surface area (TPSA) is 60.1 Å². The SMILES string of the molecule is CCOc1cc(C#N)ccc1OCCn1ccnc1C. The molecule has 0 aliphatic rings. The molecule has 1 heterocycles. The van der Waals surface area contributed by atoms with E-state index in [9.17, 15) is 0 Å². The molecule has 5 nitrogen and oxygen atoms in total. The summed E-state index contributed by atoms with van der Waals surface area (Å²) in [5, 5.41) is 8.90. The van der Waals surface area contributed by atoms with Crippen molar-refractivity contribution in [3.63, 3.8) is 0 Å². The first-order valence-electron chi connectivity index (χ1n) is 6.52. The second-order valence-electron chi connectivity index (χ2n) is 4.22. The summed E-state index contributed by atoms with van der Waals surface area (Å²) < 4.78 is 13.2. The molecule has 104 valence electrons. The fourth-order valence-corrected chi connectivity index (χ4v) is 1.86. The van der Waals surface area contributed by atoms with Gasteiger partial charge >= 0.3 is 0 Å². The zero-order valence-electron chi connectivity index (χ0n) is 11.7. The number of aromatic nitrogens is 2. The van der Waals surface area contributed by atoms with E-state index in [2.05, 4.69) is 11.1 Å². The van der Waals surface area contributed by atoms with Gasteiger partial charge in [-0.2, -0.15) is 5.26 Å². The Bertz CT molecular complexity index is 614. The maximum absolute atomic E-state index is 8.90. The molecule has 1 aromatic heterocycles. The molecular formula is C15H17N3O2. The van der Waals surface area contributed by atoms with Crippen LogP contribution in [-0.4, -0.2) is 22.8 Å². The van der Waals surface area contributed by atoms with Crippen LogP contribution in [0.2, 0.25) is 0 Å². The van der Waals surface area contributed by atoms with E-state index in [1.807, 2.05) is 24.6 Å². The van der Waals surface area contributed by atoms with Crippen LogP contribution in [0.15, 0.2) is 30.6 Å². The molecule has 20 heavy (non-hydrogen) atoms. The molecule has 2 rings (SSSR count). The molecule has 5 heteroatoms.